The number of aromatic amines is 2. The zero-order valence-electron chi connectivity index (χ0n) is 10.7. The topological polar surface area (TPSA) is 61.8 Å². The molecule has 0 bridgehead atoms. The number of alkyl halides is 1. The van der Waals surface area contributed by atoms with Crippen molar-refractivity contribution in [2.75, 3.05) is 0 Å². The van der Waals surface area contributed by atoms with Gasteiger partial charge in [0.15, 0.2) is 0 Å². The maximum atomic E-state index is 11.3. The summed E-state index contributed by atoms with van der Waals surface area (Å²) in [4.78, 5) is 16.8. The van der Waals surface area contributed by atoms with Gasteiger partial charge in [0.2, 0.25) is 0 Å². The number of aryl methyl sites for hydroxylation is 1. The minimum Gasteiger partial charge on any atom is -0.469 e. The van der Waals surface area contributed by atoms with Gasteiger partial charge in [-0.05, 0) is 23.8 Å². The molecule has 2 heterocycles. The van der Waals surface area contributed by atoms with Gasteiger partial charge in [0, 0.05) is 16.5 Å². The summed E-state index contributed by atoms with van der Waals surface area (Å²) in [6.07, 6.45) is 2.43. The second-order valence-electron chi connectivity index (χ2n) is 4.51. The van der Waals surface area contributed by atoms with E-state index in [-0.39, 0.29) is 11.1 Å². The highest BCUT2D eigenvalue weighted by atomic mass is 79.9. The van der Waals surface area contributed by atoms with Gasteiger partial charge in [-0.1, -0.05) is 22.9 Å². The van der Waals surface area contributed by atoms with E-state index in [2.05, 4.69) is 25.9 Å². The average Bonchev–Trinajstić information content (AvgIpc) is 3.01. The fourth-order valence-corrected chi connectivity index (χ4v) is 3.38. The summed E-state index contributed by atoms with van der Waals surface area (Å²) in [6, 6.07) is 5.61. The first-order chi connectivity index (χ1) is 9.60. The van der Waals surface area contributed by atoms with Crippen molar-refractivity contribution in [2.24, 2.45) is 0 Å². The molecule has 0 fully saturated rings. The molecular weight excluding hydrogens is 344 g/mol. The van der Waals surface area contributed by atoms with Crippen molar-refractivity contribution < 1.29 is 4.42 Å². The van der Waals surface area contributed by atoms with Crippen molar-refractivity contribution >= 4 is 38.6 Å². The molecule has 3 aromatic rings. The van der Waals surface area contributed by atoms with Crippen LogP contribution in [0.5, 0.6) is 0 Å². The highest BCUT2D eigenvalue weighted by molar-refractivity contribution is 9.10. The van der Waals surface area contributed by atoms with Gasteiger partial charge in [0.05, 0.1) is 22.7 Å². The van der Waals surface area contributed by atoms with Crippen molar-refractivity contribution in [3.8, 4) is 0 Å². The van der Waals surface area contributed by atoms with Crippen molar-refractivity contribution in [2.45, 2.75) is 18.7 Å². The van der Waals surface area contributed by atoms with Crippen LogP contribution in [0, 0.1) is 0 Å². The number of hydrogen-bond donors (Lipinski definition) is 2. The quantitative estimate of drug-likeness (QED) is 0.695. The molecule has 1 aromatic carbocycles. The molecule has 1 unspecified atom stereocenters. The molecule has 0 spiro atoms. The number of halogens is 2. The number of hydrogen-bond acceptors (Lipinski definition) is 2. The van der Waals surface area contributed by atoms with Crippen LogP contribution in [0.3, 0.4) is 0 Å². The molecule has 104 valence electrons. The van der Waals surface area contributed by atoms with Crippen LogP contribution < -0.4 is 5.69 Å². The first-order valence-corrected chi connectivity index (χ1v) is 7.45. The molecule has 0 aliphatic carbocycles. The molecule has 6 heteroatoms. The number of nitrogens with one attached hydrogen (secondary N) is 2. The Hall–Kier alpha value is -1.46. The fourth-order valence-electron chi connectivity index (χ4n) is 2.30. The van der Waals surface area contributed by atoms with E-state index in [0.717, 1.165) is 38.8 Å². The molecule has 2 N–H and O–H groups in total. The third kappa shape index (κ3) is 2.21. The van der Waals surface area contributed by atoms with Gasteiger partial charge < -0.3 is 14.4 Å². The Kier molecular flexibility index (Phi) is 3.48. The van der Waals surface area contributed by atoms with E-state index in [1.807, 2.05) is 25.1 Å². The number of rotatable bonds is 3. The van der Waals surface area contributed by atoms with Gasteiger partial charge in [-0.25, -0.2) is 4.79 Å². The molecule has 0 saturated heterocycles. The SMILES string of the molecule is CCc1occc1C(Cl)c1cc2[nH]c(=O)[nH]c2cc1Br. The number of aromatic nitrogens is 2. The lowest BCUT2D eigenvalue weighted by Gasteiger charge is -2.12. The van der Waals surface area contributed by atoms with Crippen LogP contribution in [0.25, 0.3) is 11.0 Å². The standard InChI is InChI=1S/C14H12BrClN2O2/c1-2-12-7(3-4-20-12)13(16)8-5-10-11(6-9(8)15)18-14(19)17-10/h3-6,13H,2H2,1H3,(H2,17,18,19). The van der Waals surface area contributed by atoms with Gasteiger partial charge in [-0.3, -0.25) is 0 Å². The summed E-state index contributed by atoms with van der Waals surface area (Å²) in [6.45, 7) is 2.02. The van der Waals surface area contributed by atoms with E-state index in [0.29, 0.717) is 0 Å². The Morgan fingerprint density at radius 2 is 2.00 bits per heavy atom. The van der Waals surface area contributed by atoms with Crippen molar-refractivity contribution in [3.63, 3.8) is 0 Å². The summed E-state index contributed by atoms with van der Waals surface area (Å²) >= 11 is 10.1. The molecular formula is C14H12BrClN2O2. The van der Waals surface area contributed by atoms with Crippen molar-refractivity contribution in [1.29, 1.82) is 0 Å². The number of H-pyrrole nitrogens is 2. The largest absolute Gasteiger partial charge is 0.469 e. The Balaban J connectivity index is 2.13. The van der Waals surface area contributed by atoms with Gasteiger partial charge >= 0.3 is 5.69 Å². The van der Waals surface area contributed by atoms with Crippen LogP contribution in [-0.4, -0.2) is 9.97 Å². The van der Waals surface area contributed by atoms with E-state index in [4.69, 9.17) is 16.0 Å². The lowest BCUT2D eigenvalue weighted by Crippen LogP contribution is -1.99. The zero-order valence-corrected chi connectivity index (χ0v) is 13.0. The Labute approximate surface area is 128 Å². The van der Waals surface area contributed by atoms with E-state index < -0.39 is 0 Å². The molecule has 3 rings (SSSR count). The third-order valence-electron chi connectivity index (χ3n) is 3.28. The number of furan rings is 1. The smallest absolute Gasteiger partial charge is 0.323 e. The van der Waals surface area contributed by atoms with Crippen molar-refractivity contribution in [1.82, 2.24) is 9.97 Å². The van der Waals surface area contributed by atoms with Crippen LogP contribution in [0.2, 0.25) is 0 Å². The molecule has 0 saturated carbocycles. The minimum atomic E-state index is -0.333. The summed E-state index contributed by atoms with van der Waals surface area (Å²) in [5, 5.41) is -0.333. The first-order valence-electron chi connectivity index (χ1n) is 6.22. The summed E-state index contributed by atoms with van der Waals surface area (Å²) in [7, 11) is 0. The number of imidazole rings is 1. The first kappa shape index (κ1) is 13.5. The minimum absolute atomic E-state index is 0.229. The summed E-state index contributed by atoms with van der Waals surface area (Å²) in [5.74, 6) is 0.875. The molecule has 2 aromatic heterocycles. The monoisotopic (exact) mass is 354 g/mol. The fraction of sp³-hybridized carbons (Fsp3) is 0.214. The summed E-state index contributed by atoms with van der Waals surface area (Å²) in [5.41, 5.74) is 3.10. The van der Waals surface area contributed by atoms with E-state index >= 15 is 0 Å². The zero-order chi connectivity index (χ0) is 14.3. The van der Waals surface area contributed by atoms with E-state index in [1.165, 1.54) is 0 Å². The van der Waals surface area contributed by atoms with Crippen LogP contribution in [0.1, 0.15) is 29.2 Å². The summed E-state index contributed by atoms with van der Waals surface area (Å²) < 4.78 is 6.27. The predicted octanol–water partition coefficient (Wildman–Crippen LogP) is 4.10. The molecule has 1 atom stereocenters. The van der Waals surface area contributed by atoms with Gasteiger partial charge in [0.25, 0.3) is 0 Å². The Morgan fingerprint density at radius 3 is 2.70 bits per heavy atom. The molecule has 0 aliphatic rings. The molecule has 20 heavy (non-hydrogen) atoms. The second-order valence-corrected chi connectivity index (χ2v) is 5.80. The highest BCUT2D eigenvalue weighted by Crippen LogP contribution is 2.37. The third-order valence-corrected chi connectivity index (χ3v) is 4.44. The van der Waals surface area contributed by atoms with Gasteiger partial charge in [0.1, 0.15) is 5.76 Å². The Morgan fingerprint density at radius 1 is 1.30 bits per heavy atom. The lowest BCUT2D eigenvalue weighted by molar-refractivity contribution is 0.512. The van der Waals surface area contributed by atoms with Gasteiger partial charge in [-0.2, -0.15) is 0 Å². The highest BCUT2D eigenvalue weighted by Gasteiger charge is 2.20. The van der Waals surface area contributed by atoms with Crippen LogP contribution in [-0.2, 0) is 6.42 Å². The normalized spacial score (nSPS) is 12.9. The number of benzene rings is 1. The molecule has 4 nitrogen and oxygen atoms in total. The van der Waals surface area contributed by atoms with Crippen LogP contribution >= 0.6 is 27.5 Å². The molecule has 0 amide bonds. The molecule has 0 aliphatic heterocycles. The lowest BCUT2D eigenvalue weighted by atomic mass is 10.0. The van der Waals surface area contributed by atoms with E-state index in [9.17, 15) is 4.79 Å². The van der Waals surface area contributed by atoms with Crippen molar-refractivity contribution in [3.05, 3.63) is 56.3 Å². The number of fused-ring (bicyclic) bond motifs is 1. The van der Waals surface area contributed by atoms with Crippen LogP contribution in [0.15, 0.2) is 38.1 Å². The predicted molar refractivity (Wildman–Crippen MR) is 82.4 cm³/mol. The van der Waals surface area contributed by atoms with Gasteiger partial charge in [-0.15, -0.1) is 11.6 Å². The van der Waals surface area contributed by atoms with E-state index in [1.54, 1.807) is 6.26 Å². The Bertz CT molecular complexity index is 818. The average molecular weight is 356 g/mol. The maximum Gasteiger partial charge on any atom is 0.323 e. The molecule has 0 radical (unpaired) electrons. The van der Waals surface area contributed by atoms with Crippen LogP contribution in [0.4, 0.5) is 0 Å². The maximum absolute atomic E-state index is 11.3. The second kappa shape index (κ2) is 5.14.